The minimum Gasteiger partial charge on any atom is -0.399 e. The Morgan fingerprint density at radius 3 is 2.73 bits per heavy atom. The molecule has 1 N–H and O–H groups in total. The second-order valence-electron chi connectivity index (χ2n) is 5.45. The highest BCUT2D eigenvalue weighted by Crippen LogP contribution is 2.59. The van der Waals surface area contributed by atoms with Gasteiger partial charge in [0.1, 0.15) is 7.11 Å². The first-order valence-electron chi connectivity index (χ1n) is 5.83. The van der Waals surface area contributed by atoms with Gasteiger partial charge in [-0.1, -0.05) is 19.0 Å². The standard InChI is InChI=1S/C12H21NO2/c1-12(2)9-6-8(4-5-14)11(13-15-3)10(12)7-9/h8-10,14H,4-7H2,1-3H3/b13-11-. The zero-order chi connectivity index (χ0) is 11.1. The Kier molecular flexibility index (Phi) is 2.75. The van der Waals surface area contributed by atoms with Gasteiger partial charge in [-0.05, 0) is 30.6 Å². The summed E-state index contributed by atoms with van der Waals surface area (Å²) in [4.78, 5) is 4.95. The third-order valence-electron chi connectivity index (χ3n) is 4.49. The summed E-state index contributed by atoms with van der Waals surface area (Å²) in [5.41, 5.74) is 1.59. The number of aliphatic hydroxyl groups is 1. The molecule has 15 heavy (non-hydrogen) atoms. The maximum Gasteiger partial charge on any atom is 0.106 e. The van der Waals surface area contributed by atoms with Crippen LogP contribution in [0.15, 0.2) is 5.16 Å². The van der Waals surface area contributed by atoms with Crippen LogP contribution in [0.3, 0.4) is 0 Å². The highest BCUT2D eigenvalue weighted by molar-refractivity contribution is 5.91. The molecule has 0 amide bonds. The van der Waals surface area contributed by atoms with Gasteiger partial charge in [0.2, 0.25) is 0 Å². The van der Waals surface area contributed by atoms with E-state index in [1.165, 1.54) is 18.6 Å². The number of fused-ring (bicyclic) bond motifs is 2. The minimum absolute atomic E-state index is 0.257. The summed E-state index contributed by atoms with van der Waals surface area (Å²) in [5.74, 6) is 1.84. The average molecular weight is 211 g/mol. The Bertz CT molecular complexity index is 273. The van der Waals surface area contributed by atoms with Gasteiger partial charge in [-0.3, -0.25) is 0 Å². The Balaban J connectivity index is 2.16. The molecule has 86 valence electrons. The van der Waals surface area contributed by atoms with E-state index in [-0.39, 0.29) is 6.61 Å². The first kappa shape index (κ1) is 10.9. The average Bonchev–Trinajstić information content (AvgIpc) is 2.20. The van der Waals surface area contributed by atoms with E-state index in [1.54, 1.807) is 7.11 Å². The first-order valence-corrected chi connectivity index (χ1v) is 5.83. The Labute approximate surface area is 91.5 Å². The van der Waals surface area contributed by atoms with Crippen LogP contribution in [-0.4, -0.2) is 24.5 Å². The number of aliphatic hydroxyl groups excluding tert-OH is 1. The van der Waals surface area contributed by atoms with Crippen molar-refractivity contribution in [2.75, 3.05) is 13.7 Å². The predicted molar refractivity (Wildman–Crippen MR) is 59.6 cm³/mol. The van der Waals surface area contributed by atoms with Crippen molar-refractivity contribution < 1.29 is 9.94 Å². The molecule has 3 fully saturated rings. The normalized spacial score (nSPS) is 40.0. The summed E-state index contributed by atoms with van der Waals surface area (Å²) in [5, 5.41) is 13.2. The molecule has 0 aromatic heterocycles. The molecular formula is C12H21NO2. The molecular weight excluding hydrogens is 190 g/mol. The van der Waals surface area contributed by atoms with Crippen LogP contribution in [0.4, 0.5) is 0 Å². The maximum atomic E-state index is 9.04. The van der Waals surface area contributed by atoms with E-state index in [2.05, 4.69) is 19.0 Å². The summed E-state index contributed by atoms with van der Waals surface area (Å²) in [6.07, 6.45) is 3.27. The van der Waals surface area contributed by atoms with Gasteiger partial charge in [-0.2, -0.15) is 0 Å². The number of hydrogen-bond donors (Lipinski definition) is 1. The Morgan fingerprint density at radius 2 is 2.20 bits per heavy atom. The van der Waals surface area contributed by atoms with Crippen molar-refractivity contribution in [2.24, 2.45) is 28.3 Å². The van der Waals surface area contributed by atoms with Gasteiger partial charge in [0.25, 0.3) is 0 Å². The van der Waals surface area contributed by atoms with E-state index >= 15 is 0 Å². The lowest BCUT2D eigenvalue weighted by molar-refractivity contribution is -0.0200. The summed E-state index contributed by atoms with van der Waals surface area (Å²) in [6.45, 7) is 4.91. The Hall–Kier alpha value is -0.570. The van der Waals surface area contributed by atoms with Crippen LogP contribution in [0.1, 0.15) is 33.1 Å². The molecule has 2 bridgehead atoms. The smallest absolute Gasteiger partial charge is 0.106 e. The topological polar surface area (TPSA) is 41.8 Å². The van der Waals surface area contributed by atoms with Gasteiger partial charge >= 0.3 is 0 Å². The summed E-state index contributed by atoms with van der Waals surface area (Å²) in [7, 11) is 1.61. The summed E-state index contributed by atoms with van der Waals surface area (Å²) in [6, 6.07) is 0. The number of oxime groups is 1. The minimum atomic E-state index is 0.257. The van der Waals surface area contributed by atoms with Gasteiger partial charge in [0.15, 0.2) is 0 Å². The van der Waals surface area contributed by atoms with Gasteiger partial charge in [-0.15, -0.1) is 0 Å². The SMILES string of the molecule is CO/N=C1/C(CCO)CC2CC1C2(C)C. The van der Waals surface area contributed by atoms with Crippen molar-refractivity contribution in [3.05, 3.63) is 0 Å². The van der Waals surface area contributed by atoms with Crippen LogP contribution >= 0.6 is 0 Å². The molecule has 3 aliphatic carbocycles. The molecule has 0 radical (unpaired) electrons. The quantitative estimate of drug-likeness (QED) is 0.726. The Morgan fingerprint density at radius 1 is 1.47 bits per heavy atom. The third-order valence-corrected chi connectivity index (χ3v) is 4.49. The van der Waals surface area contributed by atoms with Gasteiger partial charge in [0, 0.05) is 18.4 Å². The van der Waals surface area contributed by atoms with Crippen LogP contribution in [-0.2, 0) is 4.84 Å². The van der Waals surface area contributed by atoms with Crippen LogP contribution in [0.2, 0.25) is 0 Å². The number of rotatable bonds is 3. The van der Waals surface area contributed by atoms with Crippen molar-refractivity contribution in [1.82, 2.24) is 0 Å². The molecule has 0 spiro atoms. The molecule has 3 saturated carbocycles. The van der Waals surface area contributed by atoms with Crippen LogP contribution in [0.25, 0.3) is 0 Å². The van der Waals surface area contributed by atoms with Crippen LogP contribution in [0, 0.1) is 23.2 Å². The molecule has 0 aromatic rings. The molecule has 3 nitrogen and oxygen atoms in total. The van der Waals surface area contributed by atoms with Crippen molar-refractivity contribution >= 4 is 5.71 Å². The predicted octanol–water partition coefficient (Wildman–Crippen LogP) is 2.05. The molecule has 0 aliphatic heterocycles. The third kappa shape index (κ3) is 1.57. The van der Waals surface area contributed by atoms with E-state index in [1.807, 2.05) is 0 Å². The van der Waals surface area contributed by atoms with Gasteiger partial charge in [-0.25, -0.2) is 0 Å². The maximum absolute atomic E-state index is 9.04. The fourth-order valence-electron chi connectivity index (χ4n) is 3.33. The second-order valence-corrected chi connectivity index (χ2v) is 5.45. The van der Waals surface area contributed by atoms with Crippen molar-refractivity contribution in [2.45, 2.75) is 33.1 Å². The molecule has 0 heterocycles. The second kappa shape index (κ2) is 3.78. The molecule has 3 aliphatic rings. The van der Waals surface area contributed by atoms with Crippen molar-refractivity contribution in [3.8, 4) is 0 Å². The van der Waals surface area contributed by atoms with E-state index in [0.29, 0.717) is 17.3 Å². The highest BCUT2D eigenvalue weighted by Gasteiger charge is 2.56. The number of nitrogens with zero attached hydrogens (tertiary/aromatic N) is 1. The fourth-order valence-corrected chi connectivity index (χ4v) is 3.33. The lowest BCUT2D eigenvalue weighted by atomic mass is 9.46. The zero-order valence-corrected chi connectivity index (χ0v) is 9.86. The molecule has 0 saturated heterocycles. The van der Waals surface area contributed by atoms with Crippen LogP contribution in [0.5, 0.6) is 0 Å². The van der Waals surface area contributed by atoms with Gasteiger partial charge < -0.3 is 9.94 Å². The first-order chi connectivity index (χ1) is 7.11. The fraction of sp³-hybridized carbons (Fsp3) is 0.917. The zero-order valence-electron chi connectivity index (χ0n) is 9.86. The van der Waals surface area contributed by atoms with Crippen LogP contribution < -0.4 is 0 Å². The molecule has 3 heteroatoms. The largest absolute Gasteiger partial charge is 0.399 e. The lowest BCUT2D eigenvalue weighted by Gasteiger charge is -2.58. The van der Waals surface area contributed by atoms with Crippen molar-refractivity contribution in [1.29, 1.82) is 0 Å². The summed E-state index contributed by atoms with van der Waals surface area (Å²) >= 11 is 0. The molecule has 3 rings (SSSR count). The monoisotopic (exact) mass is 211 g/mol. The molecule has 3 atom stereocenters. The molecule has 0 aromatic carbocycles. The van der Waals surface area contributed by atoms with Crippen molar-refractivity contribution in [3.63, 3.8) is 0 Å². The van der Waals surface area contributed by atoms with E-state index < -0.39 is 0 Å². The number of hydrogen-bond acceptors (Lipinski definition) is 3. The van der Waals surface area contributed by atoms with E-state index in [4.69, 9.17) is 9.94 Å². The molecule has 3 unspecified atom stereocenters. The summed E-state index contributed by atoms with van der Waals surface area (Å²) < 4.78 is 0. The highest BCUT2D eigenvalue weighted by atomic mass is 16.6. The van der Waals surface area contributed by atoms with Gasteiger partial charge in [0.05, 0.1) is 5.71 Å². The van der Waals surface area contributed by atoms with E-state index in [9.17, 15) is 0 Å². The van der Waals surface area contributed by atoms with E-state index in [0.717, 1.165) is 12.3 Å². The lowest BCUT2D eigenvalue weighted by Crippen LogP contribution is -2.56.